The van der Waals surface area contributed by atoms with Gasteiger partial charge in [-0.3, -0.25) is 14.7 Å². The van der Waals surface area contributed by atoms with Gasteiger partial charge in [-0.1, -0.05) is 30.3 Å². The first-order valence-electron chi connectivity index (χ1n) is 10.4. The van der Waals surface area contributed by atoms with Crippen molar-refractivity contribution in [2.75, 3.05) is 45.8 Å². The van der Waals surface area contributed by atoms with Gasteiger partial charge in [0, 0.05) is 45.2 Å². The smallest absolute Gasteiger partial charge is 0.234 e. The molecule has 1 saturated carbocycles. The number of aliphatic imine (C=N–C) groups is 1. The lowest BCUT2D eigenvalue weighted by Gasteiger charge is -2.36. The Morgan fingerprint density at radius 3 is 2.52 bits per heavy atom. The quantitative estimate of drug-likeness (QED) is 0.274. The Kier molecular flexibility index (Phi) is 10.2. The monoisotopic (exact) mass is 515 g/mol. The molecule has 1 aromatic rings. The highest BCUT2D eigenvalue weighted by atomic mass is 127. The number of hydrogen-bond acceptors (Lipinski definition) is 4. The normalized spacial score (nSPS) is 18.7. The summed E-state index contributed by atoms with van der Waals surface area (Å²) >= 11 is 0. The number of amides is 1. The molecule has 1 unspecified atom stereocenters. The number of piperazine rings is 1. The minimum atomic E-state index is -0.497. The molecule has 1 amide bonds. The van der Waals surface area contributed by atoms with E-state index in [0.717, 1.165) is 57.1 Å². The average Bonchev–Trinajstić information content (AvgIpc) is 3.50. The second kappa shape index (κ2) is 12.3. The first-order chi connectivity index (χ1) is 13.6. The molecule has 29 heavy (non-hydrogen) atoms. The SMILES string of the molecule is CCNC(=NCC(O)Cc1ccccc1)N1CCN(CC(=O)NC2CC2)CC1.I. The van der Waals surface area contributed by atoms with E-state index in [4.69, 9.17) is 0 Å². The Hall–Kier alpha value is -1.39. The molecule has 2 aliphatic rings. The molecule has 162 valence electrons. The summed E-state index contributed by atoms with van der Waals surface area (Å²) in [6.07, 6.45) is 2.35. The number of rotatable bonds is 8. The lowest BCUT2D eigenvalue weighted by Crippen LogP contribution is -2.54. The van der Waals surface area contributed by atoms with E-state index in [1.165, 1.54) is 0 Å². The molecular weight excluding hydrogens is 481 g/mol. The molecule has 1 aliphatic carbocycles. The molecule has 7 nitrogen and oxygen atoms in total. The zero-order valence-electron chi connectivity index (χ0n) is 17.2. The molecule has 0 spiro atoms. The largest absolute Gasteiger partial charge is 0.391 e. The lowest BCUT2D eigenvalue weighted by atomic mass is 10.1. The van der Waals surface area contributed by atoms with Crippen molar-refractivity contribution in [1.29, 1.82) is 0 Å². The number of carbonyl (C=O) groups is 1. The molecule has 3 N–H and O–H groups in total. The molecule has 1 heterocycles. The number of guanidine groups is 1. The predicted molar refractivity (Wildman–Crippen MR) is 127 cm³/mol. The molecule has 0 radical (unpaired) electrons. The van der Waals surface area contributed by atoms with E-state index in [0.29, 0.717) is 25.6 Å². The summed E-state index contributed by atoms with van der Waals surface area (Å²) < 4.78 is 0. The van der Waals surface area contributed by atoms with Crippen LogP contribution in [0.5, 0.6) is 0 Å². The van der Waals surface area contributed by atoms with Crippen molar-refractivity contribution in [3.63, 3.8) is 0 Å². The van der Waals surface area contributed by atoms with Crippen molar-refractivity contribution in [2.45, 2.75) is 38.3 Å². The lowest BCUT2D eigenvalue weighted by molar-refractivity contribution is -0.122. The zero-order valence-corrected chi connectivity index (χ0v) is 19.5. The first kappa shape index (κ1) is 23.9. The number of aliphatic hydroxyl groups excluding tert-OH is 1. The Bertz CT molecular complexity index is 646. The van der Waals surface area contributed by atoms with E-state index in [1.54, 1.807) is 0 Å². The molecule has 2 fully saturated rings. The Labute approximate surface area is 191 Å². The van der Waals surface area contributed by atoms with Crippen molar-refractivity contribution in [3.05, 3.63) is 35.9 Å². The van der Waals surface area contributed by atoms with Crippen LogP contribution in [0.3, 0.4) is 0 Å². The number of nitrogens with one attached hydrogen (secondary N) is 2. The van der Waals surface area contributed by atoms with Crippen molar-refractivity contribution < 1.29 is 9.90 Å². The Morgan fingerprint density at radius 1 is 1.21 bits per heavy atom. The molecule has 1 saturated heterocycles. The number of aliphatic hydroxyl groups is 1. The van der Waals surface area contributed by atoms with Crippen molar-refractivity contribution in [3.8, 4) is 0 Å². The second-order valence-electron chi connectivity index (χ2n) is 7.64. The summed E-state index contributed by atoms with van der Waals surface area (Å²) in [4.78, 5) is 21.0. The van der Waals surface area contributed by atoms with Crippen LogP contribution in [0.25, 0.3) is 0 Å². The van der Waals surface area contributed by atoms with Crippen LogP contribution in [0, 0.1) is 0 Å². The van der Waals surface area contributed by atoms with Crippen LogP contribution in [0.15, 0.2) is 35.3 Å². The highest BCUT2D eigenvalue weighted by Crippen LogP contribution is 2.18. The van der Waals surface area contributed by atoms with E-state index in [2.05, 4.69) is 25.4 Å². The number of carbonyl (C=O) groups excluding carboxylic acids is 1. The van der Waals surface area contributed by atoms with Gasteiger partial charge in [-0.2, -0.15) is 0 Å². The molecular formula is C21H34IN5O2. The van der Waals surface area contributed by atoms with Gasteiger partial charge in [-0.25, -0.2) is 0 Å². The van der Waals surface area contributed by atoms with Crippen molar-refractivity contribution >= 4 is 35.8 Å². The van der Waals surface area contributed by atoms with Gasteiger partial charge in [-0.15, -0.1) is 24.0 Å². The van der Waals surface area contributed by atoms with E-state index in [9.17, 15) is 9.90 Å². The highest BCUT2D eigenvalue weighted by Gasteiger charge is 2.26. The van der Waals surface area contributed by atoms with Crippen molar-refractivity contribution in [1.82, 2.24) is 20.4 Å². The molecule has 1 aliphatic heterocycles. The van der Waals surface area contributed by atoms with E-state index >= 15 is 0 Å². The molecule has 0 aromatic heterocycles. The van der Waals surface area contributed by atoms with Gasteiger partial charge in [0.25, 0.3) is 0 Å². The average molecular weight is 515 g/mol. The topological polar surface area (TPSA) is 80.2 Å². The highest BCUT2D eigenvalue weighted by molar-refractivity contribution is 14.0. The summed E-state index contributed by atoms with van der Waals surface area (Å²) in [6.45, 7) is 7.04. The maximum Gasteiger partial charge on any atom is 0.234 e. The standard InChI is InChI=1S/C21H33N5O2.HI/c1-2-22-21(23-15-19(27)14-17-6-4-3-5-7-17)26-12-10-25(11-13-26)16-20(28)24-18-8-9-18;/h3-7,18-19,27H,2,8-16H2,1H3,(H,22,23)(H,24,28);1H. The Morgan fingerprint density at radius 2 is 1.90 bits per heavy atom. The number of benzene rings is 1. The minimum Gasteiger partial charge on any atom is -0.391 e. The number of halogens is 1. The van der Waals surface area contributed by atoms with Crippen LogP contribution in [0.4, 0.5) is 0 Å². The number of nitrogens with zero attached hydrogens (tertiary/aromatic N) is 3. The molecule has 0 bridgehead atoms. The minimum absolute atomic E-state index is 0. The fourth-order valence-corrected chi connectivity index (χ4v) is 3.39. The third-order valence-electron chi connectivity index (χ3n) is 5.08. The number of hydrogen-bond donors (Lipinski definition) is 3. The maximum absolute atomic E-state index is 12.0. The summed E-state index contributed by atoms with van der Waals surface area (Å²) in [6, 6.07) is 10.4. The van der Waals surface area contributed by atoms with Gasteiger partial charge in [-0.05, 0) is 25.3 Å². The third kappa shape index (κ3) is 8.47. The van der Waals surface area contributed by atoms with Gasteiger partial charge in [0.05, 0.1) is 19.2 Å². The summed E-state index contributed by atoms with van der Waals surface area (Å²) in [5.74, 6) is 0.984. The maximum atomic E-state index is 12.0. The van der Waals surface area contributed by atoms with Crippen LogP contribution >= 0.6 is 24.0 Å². The van der Waals surface area contributed by atoms with Crippen LogP contribution in [-0.2, 0) is 11.2 Å². The van der Waals surface area contributed by atoms with E-state index < -0.39 is 6.10 Å². The summed E-state index contributed by atoms with van der Waals surface area (Å²) in [5.41, 5.74) is 1.12. The molecule has 8 heteroatoms. The predicted octanol–water partition coefficient (Wildman–Crippen LogP) is 1.07. The van der Waals surface area contributed by atoms with Crippen LogP contribution in [0.2, 0.25) is 0 Å². The van der Waals surface area contributed by atoms with Gasteiger partial charge in [0.1, 0.15) is 0 Å². The second-order valence-corrected chi connectivity index (χ2v) is 7.64. The molecule has 1 aromatic carbocycles. The molecule has 1 atom stereocenters. The zero-order chi connectivity index (χ0) is 19.8. The van der Waals surface area contributed by atoms with Gasteiger partial charge in [0.2, 0.25) is 5.91 Å². The molecule has 3 rings (SSSR count). The fourth-order valence-electron chi connectivity index (χ4n) is 3.39. The van der Waals surface area contributed by atoms with Gasteiger partial charge < -0.3 is 20.6 Å². The van der Waals surface area contributed by atoms with E-state index in [-0.39, 0.29) is 29.9 Å². The van der Waals surface area contributed by atoms with Crippen LogP contribution in [-0.4, -0.2) is 84.7 Å². The third-order valence-corrected chi connectivity index (χ3v) is 5.08. The first-order valence-corrected chi connectivity index (χ1v) is 10.4. The van der Waals surface area contributed by atoms with Crippen molar-refractivity contribution in [2.24, 2.45) is 4.99 Å². The van der Waals surface area contributed by atoms with Crippen LogP contribution in [0.1, 0.15) is 25.3 Å². The summed E-state index contributed by atoms with van der Waals surface area (Å²) in [5, 5.41) is 16.7. The van der Waals surface area contributed by atoms with E-state index in [1.807, 2.05) is 37.3 Å². The fraction of sp³-hybridized carbons (Fsp3) is 0.619. The Balaban J connectivity index is 0.00000300. The van der Waals surface area contributed by atoms with Gasteiger partial charge >= 0.3 is 0 Å². The van der Waals surface area contributed by atoms with Gasteiger partial charge in [0.15, 0.2) is 5.96 Å². The summed E-state index contributed by atoms with van der Waals surface area (Å²) in [7, 11) is 0. The van der Waals surface area contributed by atoms with Crippen LogP contribution < -0.4 is 10.6 Å².